The summed E-state index contributed by atoms with van der Waals surface area (Å²) in [6.45, 7) is 0. The lowest BCUT2D eigenvalue weighted by atomic mass is 10.2. The van der Waals surface area contributed by atoms with Gasteiger partial charge in [-0.15, -0.1) is 11.5 Å². The maximum Gasteiger partial charge on any atom is 0.241 e. The first-order valence-corrected chi connectivity index (χ1v) is 4.75. The standard InChI is InChI=1S/C10H8ClN5/c1-2-6-7(11)4-3-5-8(6)16-10(13)14-9(12)15-16/h1,3-5H,(H4,12,13,14,15). The molecule has 0 bridgehead atoms. The number of rotatable bonds is 1. The van der Waals surface area contributed by atoms with Crippen LogP contribution in [0, 0.1) is 12.3 Å². The third-order valence-corrected chi connectivity index (χ3v) is 2.33. The summed E-state index contributed by atoms with van der Waals surface area (Å²) in [6, 6.07) is 5.18. The van der Waals surface area contributed by atoms with Crippen molar-refractivity contribution in [1.82, 2.24) is 14.8 Å². The van der Waals surface area contributed by atoms with Crippen molar-refractivity contribution in [2.75, 3.05) is 11.5 Å². The number of halogens is 1. The highest BCUT2D eigenvalue weighted by Crippen LogP contribution is 2.23. The Hall–Kier alpha value is -2.19. The Morgan fingerprint density at radius 1 is 1.38 bits per heavy atom. The topological polar surface area (TPSA) is 82.8 Å². The van der Waals surface area contributed by atoms with Crippen LogP contribution in [0.3, 0.4) is 0 Å². The third kappa shape index (κ3) is 1.55. The average molecular weight is 234 g/mol. The fraction of sp³-hybridized carbons (Fsp3) is 0. The van der Waals surface area contributed by atoms with Gasteiger partial charge in [0.15, 0.2) is 0 Å². The number of anilines is 2. The molecule has 0 saturated heterocycles. The third-order valence-electron chi connectivity index (χ3n) is 2.01. The van der Waals surface area contributed by atoms with Crippen molar-refractivity contribution in [2.24, 2.45) is 0 Å². The van der Waals surface area contributed by atoms with E-state index in [1.807, 2.05) is 0 Å². The number of terminal acetylenes is 1. The van der Waals surface area contributed by atoms with Crippen molar-refractivity contribution < 1.29 is 0 Å². The molecule has 2 rings (SSSR count). The van der Waals surface area contributed by atoms with Crippen LogP contribution < -0.4 is 11.5 Å². The van der Waals surface area contributed by atoms with Gasteiger partial charge in [-0.1, -0.05) is 23.6 Å². The molecule has 0 amide bonds. The van der Waals surface area contributed by atoms with Gasteiger partial charge in [-0.05, 0) is 12.1 Å². The van der Waals surface area contributed by atoms with Crippen LogP contribution in [-0.2, 0) is 0 Å². The van der Waals surface area contributed by atoms with Gasteiger partial charge in [-0.25, -0.2) is 0 Å². The van der Waals surface area contributed by atoms with Crippen molar-refractivity contribution in [3.05, 3.63) is 28.8 Å². The van der Waals surface area contributed by atoms with E-state index in [9.17, 15) is 0 Å². The van der Waals surface area contributed by atoms with Crippen LogP contribution in [0.1, 0.15) is 5.56 Å². The van der Waals surface area contributed by atoms with E-state index in [1.54, 1.807) is 18.2 Å². The van der Waals surface area contributed by atoms with Crippen molar-refractivity contribution in [3.8, 4) is 18.0 Å². The van der Waals surface area contributed by atoms with Gasteiger partial charge < -0.3 is 11.5 Å². The first-order valence-electron chi connectivity index (χ1n) is 4.37. The molecule has 6 heteroatoms. The van der Waals surface area contributed by atoms with Gasteiger partial charge >= 0.3 is 0 Å². The Kier molecular flexibility index (Phi) is 2.43. The lowest BCUT2D eigenvalue weighted by Crippen LogP contribution is -2.04. The maximum atomic E-state index is 5.96. The Bertz CT molecular complexity index is 581. The fourth-order valence-electron chi connectivity index (χ4n) is 1.35. The SMILES string of the molecule is C#Cc1c(Cl)cccc1-n1nc(N)nc1N. The van der Waals surface area contributed by atoms with Crippen LogP contribution in [0.4, 0.5) is 11.9 Å². The van der Waals surface area contributed by atoms with Gasteiger partial charge in [0.2, 0.25) is 11.9 Å². The van der Waals surface area contributed by atoms with Gasteiger partial charge in [0.1, 0.15) is 0 Å². The lowest BCUT2D eigenvalue weighted by Gasteiger charge is -2.06. The first-order chi connectivity index (χ1) is 7.63. The zero-order chi connectivity index (χ0) is 11.7. The van der Waals surface area contributed by atoms with E-state index >= 15 is 0 Å². The first kappa shape index (κ1) is 10.3. The van der Waals surface area contributed by atoms with Crippen molar-refractivity contribution in [1.29, 1.82) is 0 Å². The van der Waals surface area contributed by atoms with Crippen LogP contribution in [0.15, 0.2) is 18.2 Å². The number of hydrogen-bond acceptors (Lipinski definition) is 4. The van der Waals surface area contributed by atoms with Gasteiger partial charge in [0.25, 0.3) is 0 Å². The zero-order valence-electron chi connectivity index (χ0n) is 8.18. The molecule has 4 N–H and O–H groups in total. The lowest BCUT2D eigenvalue weighted by molar-refractivity contribution is 0.893. The Morgan fingerprint density at radius 3 is 2.69 bits per heavy atom. The molecule has 0 aliphatic rings. The van der Waals surface area contributed by atoms with Crippen molar-refractivity contribution in [2.45, 2.75) is 0 Å². The van der Waals surface area contributed by atoms with E-state index in [4.69, 9.17) is 29.5 Å². The summed E-state index contributed by atoms with van der Waals surface area (Å²) in [4.78, 5) is 3.79. The summed E-state index contributed by atoms with van der Waals surface area (Å²) >= 11 is 5.96. The minimum absolute atomic E-state index is 0.0837. The second-order valence-electron chi connectivity index (χ2n) is 3.02. The van der Waals surface area contributed by atoms with Gasteiger partial charge in [0.05, 0.1) is 16.3 Å². The highest BCUT2D eigenvalue weighted by Gasteiger charge is 2.11. The van der Waals surface area contributed by atoms with Crippen LogP contribution in [0.5, 0.6) is 0 Å². The summed E-state index contributed by atoms with van der Waals surface area (Å²) in [6.07, 6.45) is 5.38. The predicted octanol–water partition coefficient (Wildman–Crippen LogP) is 1.07. The van der Waals surface area contributed by atoms with Crippen LogP contribution >= 0.6 is 11.6 Å². The van der Waals surface area contributed by atoms with Crippen LogP contribution in [0.2, 0.25) is 5.02 Å². The molecule has 1 aromatic heterocycles. The number of aromatic nitrogens is 3. The molecule has 0 atom stereocenters. The normalized spacial score (nSPS) is 10.0. The Morgan fingerprint density at radius 2 is 2.12 bits per heavy atom. The largest absolute Gasteiger partial charge is 0.368 e. The van der Waals surface area contributed by atoms with E-state index in [0.717, 1.165) is 0 Å². The van der Waals surface area contributed by atoms with Crippen LogP contribution in [0.25, 0.3) is 5.69 Å². The molecule has 80 valence electrons. The molecule has 1 aromatic carbocycles. The molecule has 0 fully saturated rings. The molecule has 0 unspecified atom stereocenters. The molecule has 5 nitrogen and oxygen atoms in total. The highest BCUT2D eigenvalue weighted by atomic mass is 35.5. The second kappa shape index (κ2) is 3.76. The maximum absolute atomic E-state index is 5.96. The average Bonchev–Trinajstić information content (AvgIpc) is 2.57. The molecule has 0 aliphatic heterocycles. The summed E-state index contributed by atoms with van der Waals surface area (Å²) < 4.78 is 1.36. The summed E-state index contributed by atoms with van der Waals surface area (Å²) in [5.74, 6) is 2.73. The summed E-state index contributed by atoms with van der Waals surface area (Å²) in [5.41, 5.74) is 12.2. The van der Waals surface area contributed by atoms with Crippen molar-refractivity contribution in [3.63, 3.8) is 0 Å². The minimum atomic E-state index is 0.0837. The number of nitrogens with zero attached hydrogens (tertiary/aromatic N) is 3. The molecule has 2 aromatic rings. The van der Waals surface area contributed by atoms with E-state index in [0.29, 0.717) is 16.3 Å². The van der Waals surface area contributed by atoms with Crippen molar-refractivity contribution >= 4 is 23.5 Å². The van der Waals surface area contributed by atoms with E-state index in [1.165, 1.54) is 4.68 Å². The molecule has 0 saturated carbocycles. The molecular weight excluding hydrogens is 226 g/mol. The molecular formula is C10H8ClN5. The van der Waals surface area contributed by atoms with Gasteiger partial charge in [0, 0.05) is 0 Å². The van der Waals surface area contributed by atoms with Gasteiger partial charge in [-0.2, -0.15) is 9.67 Å². The van der Waals surface area contributed by atoms with Crippen LogP contribution in [-0.4, -0.2) is 14.8 Å². The Balaban J connectivity index is 2.70. The van der Waals surface area contributed by atoms with Gasteiger partial charge in [-0.3, -0.25) is 0 Å². The quantitative estimate of drug-likeness (QED) is 0.722. The number of benzene rings is 1. The fourth-order valence-corrected chi connectivity index (χ4v) is 1.57. The highest BCUT2D eigenvalue weighted by molar-refractivity contribution is 6.32. The number of nitrogens with two attached hydrogens (primary N) is 2. The monoisotopic (exact) mass is 233 g/mol. The number of nitrogen functional groups attached to an aromatic ring is 2. The minimum Gasteiger partial charge on any atom is -0.368 e. The second-order valence-corrected chi connectivity index (χ2v) is 3.43. The van der Waals surface area contributed by atoms with E-state index in [-0.39, 0.29) is 11.9 Å². The Labute approximate surface area is 97.0 Å². The van der Waals surface area contributed by atoms with E-state index in [2.05, 4.69) is 16.0 Å². The summed E-state index contributed by atoms with van der Waals surface area (Å²) in [7, 11) is 0. The number of hydrogen-bond donors (Lipinski definition) is 2. The molecule has 16 heavy (non-hydrogen) atoms. The summed E-state index contributed by atoms with van der Waals surface area (Å²) in [5, 5.41) is 4.39. The zero-order valence-corrected chi connectivity index (χ0v) is 8.94. The predicted molar refractivity (Wildman–Crippen MR) is 63.1 cm³/mol. The van der Waals surface area contributed by atoms with E-state index < -0.39 is 0 Å². The molecule has 0 aliphatic carbocycles. The molecule has 0 radical (unpaired) electrons. The smallest absolute Gasteiger partial charge is 0.241 e. The molecule has 1 heterocycles. The molecule has 0 spiro atoms.